The topological polar surface area (TPSA) is 233 Å². The molecule has 1 aliphatic rings. The molecule has 0 saturated carbocycles. The van der Waals surface area contributed by atoms with Gasteiger partial charge in [0, 0.05) is 19.4 Å². The molecular formula is C11H19N2O14P3S. The van der Waals surface area contributed by atoms with Crippen molar-refractivity contribution >= 4 is 35.1 Å². The van der Waals surface area contributed by atoms with Crippen LogP contribution in [-0.4, -0.2) is 67.3 Å². The van der Waals surface area contributed by atoms with Gasteiger partial charge in [-0.05, 0) is 0 Å². The van der Waals surface area contributed by atoms with Gasteiger partial charge in [0.25, 0.3) is 5.56 Å². The van der Waals surface area contributed by atoms with Gasteiger partial charge in [0.2, 0.25) is 7.23 Å². The summed E-state index contributed by atoms with van der Waals surface area (Å²) in [5.74, 6) is 0. The first kappa shape index (κ1) is 26.6. The molecule has 1 aliphatic heterocycles. The predicted octanol–water partition coefficient (Wildman–Crippen LogP) is -1.26. The van der Waals surface area contributed by atoms with E-state index in [0.29, 0.717) is 0 Å². The molecule has 0 amide bonds. The van der Waals surface area contributed by atoms with E-state index < -0.39 is 71.4 Å². The molecule has 31 heavy (non-hydrogen) atoms. The Kier molecular flexibility index (Phi) is 8.67. The molecule has 178 valence electrons. The number of hydrogen-bond donors (Lipinski definition) is 6. The molecule has 3 unspecified atom stereocenters. The number of nitrogens with one attached hydrogen (secondary N) is 1. The molecule has 1 saturated heterocycles. The Morgan fingerprint density at radius 1 is 1.23 bits per heavy atom. The van der Waals surface area contributed by atoms with Crippen molar-refractivity contribution in [1.29, 1.82) is 0 Å². The largest absolute Gasteiger partial charge is 0.469 e. The molecule has 20 heteroatoms. The Labute approximate surface area is 178 Å². The monoisotopic (exact) mass is 528 g/mol. The van der Waals surface area contributed by atoms with Gasteiger partial charge in [-0.15, -0.1) is 0 Å². The maximum absolute atomic E-state index is 12.2. The highest BCUT2D eigenvalue weighted by molar-refractivity contribution is 8.39. The quantitative estimate of drug-likeness (QED) is 0.154. The summed E-state index contributed by atoms with van der Waals surface area (Å²) >= 11 is 3.64. The van der Waals surface area contributed by atoms with Crippen molar-refractivity contribution in [2.24, 2.45) is 0 Å². The summed E-state index contributed by atoms with van der Waals surface area (Å²) < 4.78 is 59.9. The van der Waals surface area contributed by atoms with E-state index in [0.717, 1.165) is 23.9 Å². The number of nitrogens with zero attached hydrogens (tertiary/aromatic N) is 1. The van der Waals surface area contributed by atoms with Crippen LogP contribution in [0, 0.1) is 0 Å². The first-order valence-electron chi connectivity index (χ1n) is 7.99. The van der Waals surface area contributed by atoms with E-state index in [4.69, 9.17) is 33.6 Å². The first-order valence-corrected chi connectivity index (χ1v) is 13.7. The Hall–Kier alpha value is -0.640. The van der Waals surface area contributed by atoms with E-state index in [1.165, 1.54) is 0 Å². The summed E-state index contributed by atoms with van der Waals surface area (Å²) in [6.07, 6.45) is -3.49. The minimum absolute atomic E-state index is 0.748. The van der Waals surface area contributed by atoms with Crippen molar-refractivity contribution in [3.63, 3.8) is 0 Å². The third kappa shape index (κ3) is 7.17. The van der Waals surface area contributed by atoms with E-state index in [2.05, 4.69) is 21.3 Å². The molecule has 2 heterocycles. The number of H-pyrrole nitrogens is 1. The SMILES string of the molecule is COC1C(O[PH](=O)S)C(COP(=O)(O)O)(COP(=O)(O)O)O[C@H]1n1ccc(=O)[nH]c1=O. The summed E-state index contributed by atoms with van der Waals surface area (Å²) in [4.78, 5) is 61.8. The highest BCUT2D eigenvalue weighted by Crippen LogP contribution is 2.49. The maximum atomic E-state index is 12.2. The summed E-state index contributed by atoms with van der Waals surface area (Å²) in [6.45, 7) is -2.20. The molecule has 2 rings (SSSR count). The van der Waals surface area contributed by atoms with Crippen LogP contribution in [-0.2, 0) is 36.7 Å². The number of aromatic nitrogens is 2. The standard InChI is InChI=1S/C11H19N2O14P3S/c1-23-7-8(27-28(16)31)11(4-24-29(17,18)19,5-25-30(20,21)22)26-9(7)13-3-2-6(14)12-10(13)15/h2-3,7-9,28H,4-5H2,1H3,(H,16,31)(H,12,14,15)(H2,17,18,19)(H2,20,21,22)/t7?,8?,9-/m1/s1. The van der Waals surface area contributed by atoms with Crippen molar-refractivity contribution in [2.75, 3.05) is 20.3 Å². The number of methoxy groups -OCH3 is 1. The predicted molar refractivity (Wildman–Crippen MR) is 104 cm³/mol. The van der Waals surface area contributed by atoms with Crippen LogP contribution in [0.5, 0.6) is 0 Å². The Bertz CT molecular complexity index is 989. The van der Waals surface area contributed by atoms with E-state index in [9.17, 15) is 23.3 Å². The number of hydrogen-bond acceptors (Lipinski definition) is 10. The average Bonchev–Trinajstić information content (AvgIpc) is 2.90. The van der Waals surface area contributed by atoms with Crippen molar-refractivity contribution in [2.45, 2.75) is 24.0 Å². The fourth-order valence-electron chi connectivity index (χ4n) is 2.85. The van der Waals surface area contributed by atoms with Gasteiger partial charge >= 0.3 is 21.3 Å². The number of ether oxygens (including phenoxy) is 2. The van der Waals surface area contributed by atoms with Gasteiger partial charge in [-0.25, -0.2) is 13.9 Å². The fraction of sp³-hybridized carbons (Fsp3) is 0.636. The van der Waals surface area contributed by atoms with E-state index in [1.807, 2.05) is 4.98 Å². The number of rotatable bonds is 10. The second-order valence-electron chi connectivity index (χ2n) is 6.12. The normalized spacial score (nSPS) is 24.9. The minimum Gasteiger partial charge on any atom is -0.374 e. The van der Waals surface area contributed by atoms with Gasteiger partial charge in [0.1, 0.15) is 17.8 Å². The third-order valence-corrected chi connectivity index (χ3v) is 5.74. The van der Waals surface area contributed by atoms with Crippen LogP contribution in [0.1, 0.15) is 6.23 Å². The molecule has 0 aliphatic carbocycles. The minimum atomic E-state index is -5.15. The summed E-state index contributed by atoms with van der Waals surface area (Å²) in [5, 5.41) is 0. The lowest BCUT2D eigenvalue weighted by Crippen LogP contribution is -2.51. The van der Waals surface area contributed by atoms with Crippen LogP contribution < -0.4 is 11.2 Å². The molecule has 0 radical (unpaired) electrons. The molecule has 5 N–H and O–H groups in total. The molecule has 0 aromatic carbocycles. The summed E-state index contributed by atoms with van der Waals surface area (Å²) in [7, 11) is -12.3. The third-order valence-electron chi connectivity index (χ3n) is 4.03. The molecule has 16 nitrogen and oxygen atoms in total. The van der Waals surface area contributed by atoms with Crippen LogP contribution in [0.2, 0.25) is 0 Å². The van der Waals surface area contributed by atoms with Gasteiger partial charge in [-0.1, -0.05) is 12.2 Å². The fourth-order valence-corrected chi connectivity index (χ4v) is 4.53. The number of phosphoric acid groups is 2. The lowest BCUT2D eigenvalue weighted by atomic mass is 9.97. The van der Waals surface area contributed by atoms with Crippen LogP contribution in [0.15, 0.2) is 21.9 Å². The lowest BCUT2D eigenvalue weighted by molar-refractivity contribution is -0.142. The van der Waals surface area contributed by atoms with Gasteiger partial charge in [-0.3, -0.25) is 28.0 Å². The van der Waals surface area contributed by atoms with Crippen LogP contribution in [0.3, 0.4) is 0 Å². The zero-order valence-corrected chi connectivity index (χ0v) is 19.1. The van der Waals surface area contributed by atoms with Crippen molar-refractivity contribution < 1.29 is 56.3 Å². The average molecular weight is 528 g/mol. The van der Waals surface area contributed by atoms with Gasteiger partial charge in [0.15, 0.2) is 6.23 Å². The lowest BCUT2D eigenvalue weighted by Gasteiger charge is -2.33. The zero-order chi connectivity index (χ0) is 23.6. The van der Waals surface area contributed by atoms with Crippen LogP contribution in [0.25, 0.3) is 0 Å². The first-order chi connectivity index (χ1) is 14.2. The van der Waals surface area contributed by atoms with Crippen molar-refractivity contribution in [3.05, 3.63) is 33.1 Å². The molecule has 4 atom stereocenters. The molecule has 1 aromatic heterocycles. The second kappa shape index (κ2) is 10.1. The van der Waals surface area contributed by atoms with E-state index in [1.54, 1.807) is 0 Å². The smallest absolute Gasteiger partial charge is 0.374 e. The molecule has 1 aromatic rings. The van der Waals surface area contributed by atoms with E-state index in [-0.39, 0.29) is 0 Å². The number of aromatic amines is 1. The highest BCUT2D eigenvalue weighted by atomic mass is 32.7. The van der Waals surface area contributed by atoms with Gasteiger partial charge in [-0.2, -0.15) is 0 Å². The highest BCUT2D eigenvalue weighted by Gasteiger charge is 2.59. The number of phosphoric ester groups is 2. The second-order valence-corrected chi connectivity index (χ2v) is 10.5. The van der Waals surface area contributed by atoms with Crippen LogP contribution >= 0.6 is 35.1 Å². The van der Waals surface area contributed by atoms with Crippen molar-refractivity contribution in [1.82, 2.24) is 9.55 Å². The van der Waals surface area contributed by atoms with Crippen LogP contribution in [0.4, 0.5) is 0 Å². The van der Waals surface area contributed by atoms with Crippen molar-refractivity contribution in [3.8, 4) is 0 Å². The summed E-state index contributed by atoms with van der Waals surface area (Å²) in [6, 6.07) is 0.951. The summed E-state index contributed by atoms with van der Waals surface area (Å²) in [5.41, 5.74) is -3.99. The van der Waals surface area contributed by atoms with E-state index >= 15 is 0 Å². The maximum Gasteiger partial charge on any atom is 0.469 e. The Morgan fingerprint density at radius 3 is 2.19 bits per heavy atom. The number of thiol groups is 1. The van der Waals surface area contributed by atoms with Gasteiger partial charge in [0.05, 0.1) is 13.2 Å². The molecule has 1 fully saturated rings. The Balaban J connectivity index is 2.60. The zero-order valence-electron chi connectivity index (χ0n) is 15.5. The Morgan fingerprint density at radius 2 is 1.77 bits per heavy atom. The molecule has 0 bridgehead atoms. The molecular weight excluding hydrogens is 509 g/mol. The molecule has 0 spiro atoms. The van der Waals surface area contributed by atoms with Gasteiger partial charge < -0.3 is 33.6 Å².